The maximum atomic E-state index is 7.70. The second-order valence-corrected chi connectivity index (χ2v) is 13.5. The van der Waals surface area contributed by atoms with E-state index in [1.54, 1.807) is 0 Å². The third-order valence-corrected chi connectivity index (χ3v) is 12.0. The van der Waals surface area contributed by atoms with E-state index in [1.165, 1.54) is 81.8 Å². The smallest absolute Gasteiger partial charge is 0.0869 e. The quantitative estimate of drug-likeness (QED) is 0.199. The van der Waals surface area contributed by atoms with Gasteiger partial charge in [0.05, 0.1) is 9.99 Å². The molecule has 0 N–H and O–H groups in total. The summed E-state index contributed by atoms with van der Waals surface area (Å²) in [5.41, 5.74) is 4.45. The average Bonchev–Trinajstić information content (AvgIpc) is 2.63. The fourth-order valence-electron chi connectivity index (χ4n) is 5.42. The van der Waals surface area contributed by atoms with Gasteiger partial charge >= 0.3 is 0 Å². The number of alkyl halides is 2. The van der Waals surface area contributed by atoms with E-state index in [2.05, 4.69) is 26.0 Å². The molecule has 3 aliphatic carbocycles. The van der Waals surface area contributed by atoms with Crippen molar-refractivity contribution in [2.45, 2.75) is 119 Å². The Morgan fingerprint density at radius 3 is 1.89 bits per heavy atom. The molecule has 2 atom stereocenters. The van der Waals surface area contributed by atoms with E-state index in [-0.39, 0.29) is 37.4 Å². The van der Waals surface area contributed by atoms with Gasteiger partial charge in [-0.25, -0.2) is 0 Å². The van der Waals surface area contributed by atoms with Crippen LogP contribution in [0.1, 0.15) is 97.3 Å². The SMILES string of the molecule is CC(C)=CC=C1C(Cl)CCCC1(Cl)P(C1CCCCC1)C1CCCCC1.[Ru]. The van der Waals surface area contributed by atoms with Gasteiger partial charge in [0.1, 0.15) is 0 Å². The number of hydrogen-bond acceptors (Lipinski definition) is 0. The van der Waals surface area contributed by atoms with E-state index in [9.17, 15) is 0 Å². The molecular weight excluding hydrogens is 479 g/mol. The van der Waals surface area contributed by atoms with Crippen molar-refractivity contribution >= 4 is 31.1 Å². The first-order valence-corrected chi connectivity index (χ1v) is 13.3. The number of rotatable bonds is 4. The average molecular weight is 516 g/mol. The molecule has 4 heteroatoms. The number of halogens is 2. The van der Waals surface area contributed by atoms with Crippen molar-refractivity contribution in [3.8, 4) is 0 Å². The summed E-state index contributed by atoms with van der Waals surface area (Å²) in [6, 6.07) is 0. The van der Waals surface area contributed by atoms with Crippen LogP contribution in [0.3, 0.4) is 0 Å². The molecule has 0 spiro atoms. The molecule has 3 aliphatic rings. The van der Waals surface area contributed by atoms with Crippen LogP contribution in [0, 0.1) is 0 Å². The Morgan fingerprint density at radius 2 is 1.41 bits per heavy atom. The van der Waals surface area contributed by atoms with Gasteiger partial charge in [-0.1, -0.05) is 64.2 Å². The Hall–Kier alpha value is 1.11. The number of allylic oxidation sites excluding steroid dienone is 4. The minimum atomic E-state index is -0.211. The van der Waals surface area contributed by atoms with Crippen molar-refractivity contribution in [2.75, 3.05) is 0 Å². The first-order chi connectivity index (χ1) is 12.5. The summed E-state index contributed by atoms with van der Waals surface area (Å²) in [6.45, 7) is 4.34. The van der Waals surface area contributed by atoms with E-state index in [0.29, 0.717) is 0 Å². The normalized spacial score (nSPS) is 32.3. The summed E-state index contributed by atoms with van der Waals surface area (Å²) >= 11 is 14.6. The molecule has 0 bridgehead atoms. The summed E-state index contributed by atoms with van der Waals surface area (Å²) in [4.78, 5) is 0. The Bertz CT molecular complexity index is 498. The zero-order chi connectivity index (χ0) is 18.6. The maximum Gasteiger partial charge on any atom is 0.0869 e. The van der Waals surface area contributed by atoms with Gasteiger partial charge < -0.3 is 0 Å². The zero-order valence-corrected chi connectivity index (χ0v) is 21.3. The first-order valence-electron chi connectivity index (χ1n) is 11.0. The van der Waals surface area contributed by atoms with Gasteiger partial charge in [0.15, 0.2) is 0 Å². The second-order valence-electron chi connectivity index (χ2n) is 8.98. The van der Waals surface area contributed by atoms with Crippen LogP contribution in [0.4, 0.5) is 0 Å². The topological polar surface area (TPSA) is 0 Å². The van der Waals surface area contributed by atoms with Gasteiger partial charge in [-0.2, -0.15) is 0 Å². The molecule has 2 unspecified atom stereocenters. The van der Waals surface area contributed by atoms with Gasteiger partial charge in [0.25, 0.3) is 0 Å². The van der Waals surface area contributed by atoms with E-state index in [4.69, 9.17) is 23.2 Å². The molecule has 3 saturated carbocycles. The van der Waals surface area contributed by atoms with Crippen molar-refractivity contribution in [2.24, 2.45) is 0 Å². The molecule has 27 heavy (non-hydrogen) atoms. The van der Waals surface area contributed by atoms with Crippen molar-refractivity contribution in [3.05, 3.63) is 23.3 Å². The van der Waals surface area contributed by atoms with Crippen LogP contribution in [-0.2, 0) is 19.5 Å². The Morgan fingerprint density at radius 1 is 0.889 bits per heavy atom. The zero-order valence-electron chi connectivity index (χ0n) is 17.1. The van der Waals surface area contributed by atoms with Crippen molar-refractivity contribution in [3.63, 3.8) is 0 Å². The van der Waals surface area contributed by atoms with Crippen LogP contribution in [0.25, 0.3) is 0 Å². The van der Waals surface area contributed by atoms with E-state index < -0.39 is 0 Å². The Kier molecular flexibility index (Phi) is 10.4. The summed E-state index contributed by atoms with van der Waals surface area (Å²) < 4.78 is -0.143. The minimum Gasteiger partial charge on any atom is -0.118 e. The van der Waals surface area contributed by atoms with Crippen LogP contribution in [-0.4, -0.2) is 21.3 Å². The van der Waals surface area contributed by atoms with E-state index >= 15 is 0 Å². The molecule has 0 amide bonds. The molecule has 3 fully saturated rings. The van der Waals surface area contributed by atoms with E-state index in [1.807, 2.05) is 0 Å². The molecule has 0 saturated heterocycles. The molecule has 0 nitrogen and oxygen atoms in total. The molecule has 3 rings (SSSR count). The molecule has 0 aliphatic heterocycles. The van der Waals surface area contributed by atoms with Crippen LogP contribution < -0.4 is 0 Å². The summed E-state index contributed by atoms with van der Waals surface area (Å²) in [6.07, 6.45) is 22.2. The summed E-state index contributed by atoms with van der Waals surface area (Å²) in [5.74, 6) is 0. The predicted octanol–water partition coefficient (Wildman–Crippen LogP) is 8.75. The maximum absolute atomic E-state index is 7.70. The van der Waals surface area contributed by atoms with Crippen LogP contribution in [0.15, 0.2) is 23.3 Å². The molecule has 156 valence electrons. The molecule has 0 radical (unpaired) electrons. The van der Waals surface area contributed by atoms with Crippen molar-refractivity contribution in [1.29, 1.82) is 0 Å². The Balaban J connectivity index is 0.00000261. The fourth-order valence-corrected chi connectivity index (χ4v) is 11.7. The van der Waals surface area contributed by atoms with Crippen molar-refractivity contribution in [1.82, 2.24) is 0 Å². The molecule has 0 aromatic carbocycles. The second kappa shape index (κ2) is 11.5. The van der Waals surface area contributed by atoms with Crippen LogP contribution in [0.2, 0.25) is 0 Å². The van der Waals surface area contributed by atoms with Gasteiger partial charge in [-0.3, -0.25) is 0 Å². The molecule has 0 aromatic heterocycles. The van der Waals surface area contributed by atoms with Crippen molar-refractivity contribution < 1.29 is 19.5 Å². The van der Waals surface area contributed by atoms with Crippen LogP contribution >= 0.6 is 31.1 Å². The Labute approximate surface area is 191 Å². The monoisotopic (exact) mass is 516 g/mol. The van der Waals surface area contributed by atoms with Gasteiger partial charge in [-0.15, -0.1) is 23.2 Å². The fraction of sp³-hybridized carbons (Fsp3) is 0.826. The van der Waals surface area contributed by atoms with Gasteiger partial charge in [0, 0.05) is 19.5 Å². The van der Waals surface area contributed by atoms with Gasteiger partial charge in [-0.05, 0) is 75.7 Å². The summed E-state index contributed by atoms with van der Waals surface area (Å²) in [5, 5.41) is 0.133. The van der Waals surface area contributed by atoms with Gasteiger partial charge in [0.2, 0.25) is 0 Å². The van der Waals surface area contributed by atoms with Crippen LogP contribution in [0.5, 0.6) is 0 Å². The van der Waals surface area contributed by atoms with E-state index in [0.717, 1.165) is 24.2 Å². The minimum absolute atomic E-state index is 0. The molecular formula is C23H37Cl2PRu. The third kappa shape index (κ3) is 6.06. The first kappa shape index (κ1) is 24.4. The molecule has 0 aromatic rings. The summed E-state index contributed by atoms with van der Waals surface area (Å²) in [7, 11) is -0.211. The standard InChI is InChI=1S/C23H37Cl2P.Ru/c1-18(2)15-16-21-22(24)14-9-17-23(21,25)26(19-10-5-3-6-11-19)20-12-7-4-8-13-20;/h15-16,19-20,22H,3-14,17H2,1-2H3;. The largest absolute Gasteiger partial charge is 0.118 e. The molecule has 0 heterocycles. The predicted molar refractivity (Wildman–Crippen MR) is 120 cm³/mol. The third-order valence-electron chi connectivity index (χ3n) is 6.69. The number of hydrogen-bond donors (Lipinski definition) is 0.